The van der Waals surface area contributed by atoms with E-state index in [0.717, 1.165) is 25.7 Å². The lowest BCUT2D eigenvalue weighted by Crippen LogP contribution is -2.54. The number of piperidine rings is 1. The van der Waals surface area contributed by atoms with Gasteiger partial charge in [0, 0.05) is 18.6 Å². The van der Waals surface area contributed by atoms with Crippen LogP contribution in [0.25, 0.3) is 0 Å². The van der Waals surface area contributed by atoms with Crippen molar-refractivity contribution in [2.75, 3.05) is 13.1 Å². The number of rotatable bonds is 4. The number of nitrogens with one attached hydrogen (secondary N) is 1. The second-order valence-electron chi connectivity index (χ2n) is 6.24. The molecule has 2 aliphatic rings. The highest BCUT2D eigenvalue weighted by atomic mass is 32.2. The Morgan fingerprint density at radius 1 is 1.20 bits per heavy atom. The zero-order valence-corrected chi connectivity index (χ0v) is 12.8. The maximum absolute atomic E-state index is 12.4. The Kier molecular flexibility index (Phi) is 4.71. The summed E-state index contributed by atoms with van der Waals surface area (Å²) in [7, 11) is -3.50. The quantitative estimate of drug-likeness (QED) is 0.820. The largest absolute Gasteiger partial charge is 0.481 e. The number of carboxylic acids is 1. The van der Waals surface area contributed by atoms with Gasteiger partial charge in [0.05, 0.1) is 5.92 Å². The molecule has 2 rings (SSSR count). The van der Waals surface area contributed by atoms with Gasteiger partial charge in [-0.05, 0) is 32.6 Å². The smallest absolute Gasteiger partial charge is 0.306 e. The molecule has 0 bridgehead atoms. The van der Waals surface area contributed by atoms with Crippen LogP contribution in [-0.2, 0) is 15.0 Å². The molecule has 0 unspecified atom stereocenters. The van der Waals surface area contributed by atoms with E-state index in [4.69, 9.17) is 5.11 Å². The fourth-order valence-electron chi connectivity index (χ4n) is 3.15. The van der Waals surface area contributed by atoms with Crippen molar-refractivity contribution in [1.29, 1.82) is 0 Å². The zero-order chi connectivity index (χ0) is 14.8. The summed E-state index contributed by atoms with van der Waals surface area (Å²) in [6, 6.07) is 0. The van der Waals surface area contributed by atoms with Crippen molar-refractivity contribution in [2.24, 2.45) is 5.92 Å². The minimum atomic E-state index is -3.50. The summed E-state index contributed by atoms with van der Waals surface area (Å²) in [5, 5.41) is 8.95. The van der Waals surface area contributed by atoms with Crippen molar-refractivity contribution >= 4 is 16.2 Å². The van der Waals surface area contributed by atoms with Crippen LogP contribution in [0.3, 0.4) is 0 Å². The first kappa shape index (κ1) is 15.7. The van der Waals surface area contributed by atoms with Crippen LogP contribution in [0, 0.1) is 5.92 Å². The minimum absolute atomic E-state index is 0.294. The Balaban J connectivity index is 1.95. The van der Waals surface area contributed by atoms with Crippen LogP contribution in [-0.4, -0.2) is 42.4 Å². The molecular formula is C13H24N2O4S. The van der Waals surface area contributed by atoms with E-state index in [1.54, 1.807) is 0 Å². The van der Waals surface area contributed by atoms with Crippen LogP contribution < -0.4 is 4.72 Å². The molecule has 2 N–H and O–H groups in total. The topological polar surface area (TPSA) is 86.7 Å². The first-order valence-corrected chi connectivity index (χ1v) is 8.78. The SMILES string of the molecule is CC1(NS(=O)(=O)N2CCC(C(=O)O)CC2)CCCCC1. The van der Waals surface area contributed by atoms with Crippen molar-refractivity contribution in [3.8, 4) is 0 Å². The van der Waals surface area contributed by atoms with Gasteiger partial charge in [-0.3, -0.25) is 4.79 Å². The molecule has 1 aliphatic heterocycles. The number of carbonyl (C=O) groups is 1. The van der Waals surface area contributed by atoms with Crippen molar-refractivity contribution in [1.82, 2.24) is 9.03 Å². The highest BCUT2D eigenvalue weighted by molar-refractivity contribution is 7.87. The lowest BCUT2D eigenvalue weighted by atomic mass is 9.84. The first-order chi connectivity index (χ1) is 9.32. The molecule has 1 heterocycles. The molecule has 0 radical (unpaired) electrons. The van der Waals surface area contributed by atoms with Crippen LogP contribution in [0.15, 0.2) is 0 Å². The second-order valence-corrected chi connectivity index (χ2v) is 7.91. The van der Waals surface area contributed by atoms with E-state index in [-0.39, 0.29) is 5.54 Å². The average molecular weight is 304 g/mol. The lowest BCUT2D eigenvalue weighted by Gasteiger charge is -2.37. The fraction of sp³-hybridized carbons (Fsp3) is 0.923. The third kappa shape index (κ3) is 3.71. The normalized spacial score (nSPS) is 25.4. The number of carboxylic acid groups (broad SMARTS) is 1. The molecule has 0 aromatic carbocycles. The van der Waals surface area contributed by atoms with Gasteiger partial charge < -0.3 is 5.11 Å². The average Bonchev–Trinajstić information content (AvgIpc) is 2.38. The molecule has 20 heavy (non-hydrogen) atoms. The fourth-order valence-corrected chi connectivity index (χ4v) is 4.80. The van der Waals surface area contributed by atoms with Crippen molar-refractivity contribution in [3.63, 3.8) is 0 Å². The van der Waals surface area contributed by atoms with E-state index < -0.39 is 22.1 Å². The summed E-state index contributed by atoms with van der Waals surface area (Å²) < 4.78 is 29.0. The summed E-state index contributed by atoms with van der Waals surface area (Å²) in [6.45, 7) is 2.55. The van der Waals surface area contributed by atoms with E-state index in [2.05, 4.69) is 4.72 Å². The maximum Gasteiger partial charge on any atom is 0.306 e. The molecule has 2 fully saturated rings. The second kappa shape index (κ2) is 5.99. The molecule has 0 aromatic heterocycles. The summed E-state index contributed by atoms with van der Waals surface area (Å²) >= 11 is 0. The molecule has 1 saturated heterocycles. The monoisotopic (exact) mass is 304 g/mol. The Labute approximate surface area is 120 Å². The molecule has 0 atom stereocenters. The molecular weight excluding hydrogens is 280 g/mol. The highest BCUT2D eigenvalue weighted by Crippen LogP contribution is 2.29. The van der Waals surface area contributed by atoms with Crippen LogP contribution in [0.5, 0.6) is 0 Å². The van der Waals surface area contributed by atoms with Gasteiger partial charge in [-0.2, -0.15) is 17.4 Å². The van der Waals surface area contributed by atoms with Gasteiger partial charge in [-0.25, -0.2) is 0 Å². The van der Waals surface area contributed by atoms with Gasteiger partial charge in [-0.1, -0.05) is 19.3 Å². The number of aliphatic carboxylic acids is 1. The van der Waals surface area contributed by atoms with Crippen molar-refractivity contribution < 1.29 is 18.3 Å². The van der Waals surface area contributed by atoms with E-state index >= 15 is 0 Å². The van der Waals surface area contributed by atoms with Crippen LogP contribution in [0.1, 0.15) is 51.9 Å². The van der Waals surface area contributed by atoms with Gasteiger partial charge in [0.1, 0.15) is 0 Å². The van der Waals surface area contributed by atoms with Gasteiger partial charge >= 0.3 is 5.97 Å². The number of hydrogen-bond donors (Lipinski definition) is 2. The van der Waals surface area contributed by atoms with E-state index in [9.17, 15) is 13.2 Å². The van der Waals surface area contributed by atoms with Crippen LogP contribution >= 0.6 is 0 Å². The molecule has 7 heteroatoms. The zero-order valence-electron chi connectivity index (χ0n) is 12.0. The third-order valence-electron chi connectivity index (χ3n) is 4.48. The molecule has 6 nitrogen and oxygen atoms in total. The molecule has 1 saturated carbocycles. The molecule has 0 amide bonds. The van der Waals surface area contributed by atoms with Crippen LogP contribution in [0.4, 0.5) is 0 Å². The summed E-state index contributed by atoms with van der Waals surface area (Å²) in [4.78, 5) is 10.9. The summed E-state index contributed by atoms with van der Waals surface area (Å²) in [5.74, 6) is -1.24. The van der Waals surface area contributed by atoms with E-state index in [0.29, 0.717) is 25.9 Å². The standard InChI is InChI=1S/C13H24N2O4S/c1-13(7-3-2-4-8-13)14-20(18,19)15-9-5-11(6-10-15)12(16)17/h11,14H,2-10H2,1H3,(H,16,17). The molecule has 1 aliphatic carbocycles. The Hall–Kier alpha value is -0.660. The Bertz CT molecular complexity index is 449. The Morgan fingerprint density at radius 3 is 2.25 bits per heavy atom. The Morgan fingerprint density at radius 2 is 1.75 bits per heavy atom. The third-order valence-corrected chi connectivity index (χ3v) is 6.27. The van der Waals surface area contributed by atoms with E-state index in [1.165, 1.54) is 10.7 Å². The van der Waals surface area contributed by atoms with Gasteiger partial charge in [0.2, 0.25) is 0 Å². The summed E-state index contributed by atoms with van der Waals surface area (Å²) in [5.41, 5.74) is -0.346. The molecule has 0 aromatic rings. The predicted octanol–water partition coefficient (Wildman–Crippen LogP) is 1.34. The van der Waals surface area contributed by atoms with Gasteiger partial charge in [0.25, 0.3) is 10.2 Å². The van der Waals surface area contributed by atoms with Crippen molar-refractivity contribution in [2.45, 2.75) is 57.4 Å². The number of nitrogens with zero attached hydrogens (tertiary/aromatic N) is 1. The number of hydrogen-bond acceptors (Lipinski definition) is 3. The molecule has 116 valence electrons. The van der Waals surface area contributed by atoms with Crippen LogP contribution in [0.2, 0.25) is 0 Å². The summed E-state index contributed by atoms with van der Waals surface area (Å²) in [6.07, 6.45) is 5.82. The highest BCUT2D eigenvalue weighted by Gasteiger charge is 2.36. The van der Waals surface area contributed by atoms with E-state index in [1.807, 2.05) is 6.92 Å². The minimum Gasteiger partial charge on any atom is -0.481 e. The van der Waals surface area contributed by atoms with Crippen molar-refractivity contribution in [3.05, 3.63) is 0 Å². The van der Waals surface area contributed by atoms with Gasteiger partial charge in [-0.15, -0.1) is 0 Å². The van der Waals surface area contributed by atoms with Gasteiger partial charge in [0.15, 0.2) is 0 Å². The maximum atomic E-state index is 12.4. The lowest BCUT2D eigenvalue weighted by molar-refractivity contribution is -0.142. The predicted molar refractivity (Wildman–Crippen MR) is 75.5 cm³/mol. The molecule has 0 spiro atoms. The first-order valence-electron chi connectivity index (χ1n) is 7.34.